The summed E-state index contributed by atoms with van der Waals surface area (Å²) < 4.78 is 0. The van der Waals surface area contributed by atoms with Crippen LogP contribution in [0.15, 0.2) is 30.3 Å². The predicted molar refractivity (Wildman–Crippen MR) is 45.1 cm³/mol. The van der Waals surface area contributed by atoms with Crippen LogP contribution in [0.3, 0.4) is 0 Å². The molecule has 1 nitrogen and oxygen atoms in total. The van der Waals surface area contributed by atoms with Crippen LogP contribution in [-0.2, 0) is 32.7 Å². The Morgan fingerprint density at radius 1 is 1.27 bits per heavy atom. The minimum atomic E-state index is 0. The van der Waals surface area contributed by atoms with Gasteiger partial charge in [0.2, 0.25) is 0 Å². The van der Waals surface area contributed by atoms with Gasteiger partial charge in [0.25, 0.3) is 0 Å². The first-order valence-corrected chi connectivity index (χ1v) is 3.40. The van der Waals surface area contributed by atoms with Crippen LogP contribution in [0, 0.1) is 6.92 Å². The van der Waals surface area contributed by atoms with Gasteiger partial charge < -0.3 is 11.8 Å². The second-order valence-corrected chi connectivity index (χ2v) is 2.26. The van der Waals surface area contributed by atoms with E-state index in [-0.39, 0.29) is 32.7 Å². The number of benzene rings is 1. The van der Waals surface area contributed by atoms with Gasteiger partial charge in [-0.1, -0.05) is 18.2 Å². The third kappa shape index (κ3) is 3.35. The van der Waals surface area contributed by atoms with Gasteiger partial charge in [-0.05, 0) is 12.1 Å². The van der Waals surface area contributed by atoms with Crippen molar-refractivity contribution in [2.24, 2.45) is 0 Å². The molecular weight excluding hydrogens is 211 g/mol. The summed E-state index contributed by atoms with van der Waals surface area (Å²) in [5.41, 5.74) is 1.22. The Kier molecular flexibility index (Phi) is 5.80. The molecule has 0 bridgehead atoms. The number of rotatable bonds is 2. The van der Waals surface area contributed by atoms with E-state index < -0.39 is 0 Å². The van der Waals surface area contributed by atoms with Crippen molar-refractivity contribution in [2.45, 2.75) is 0 Å². The minimum absolute atomic E-state index is 0. The Morgan fingerprint density at radius 2 is 1.82 bits per heavy atom. The number of hydrogen-bond acceptors (Lipinski definition) is 1. The third-order valence-corrected chi connectivity index (χ3v) is 1.53. The van der Waals surface area contributed by atoms with Gasteiger partial charge in [-0.2, -0.15) is 0 Å². The second-order valence-electron chi connectivity index (χ2n) is 2.26. The number of anilines is 1. The Balaban J connectivity index is 0.000001000. The molecule has 0 N–H and O–H groups in total. The van der Waals surface area contributed by atoms with Crippen molar-refractivity contribution >= 4 is 5.69 Å². The second kappa shape index (κ2) is 5.73. The van der Waals surface area contributed by atoms with Gasteiger partial charge >= 0.3 is 0 Å². The summed E-state index contributed by atoms with van der Waals surface area (Å²) >= 11 is 0. The van der Waals surface area contributed by atoms with Crippen LogP contribution in [0.2, 0.25) is 0 Å². The zero-order valence-corrected chi connectivity index (χ0v) is 9.66. The van der Waals surface area contributed by atoms with Gasteiger partial charge in [0, 0.05) is 45.4 Å². The van der Waals surface area contributed by atoms with Gasteiger partial charge in [-0.25, -0.2) is 0 Å². The molecule has 2 heteroatoms. The molecule has 1 radical (unpaired) electrons. The van der Waals surface area contributed by atoms with Gasteiger partial charge in [0.1, 0.15) is 0 Å². The molecule has 0 spiro atoms. The van der Waals surface area contributed by atoms with Crippen molar-refractivity contribution < 1.29 is 32.7 Å². The molecule has 0 aliphatic heterocycles. The molecule has 11 heavy (non-hydrogen) atoms. The molecule has 0 fully saturated rings. The molecule has 0 atom stereocenters. The number of para-hydroxylation sites is 1. The molecule has 1 aromatic rings. The van der Waals surface area contributed by atoms with Crippen LogP contribution in [-0.4, -0.2) is 13.6 Å². The third-order valence-electron chi connectivity index (χ3n) is 1.53. The molecule has 57 valence electrons. The summed E-state index contributed by atoms with van der Waals surface area (Å²) in [6, 6.07) is 10.2. The van der Waals surface area contributed by atoms with Crippen molar-refractivity contribution in [1.29, 1.82) is 0 Å². The molecule has 1 rings (SSSR count). The van der Waals surface area contributed by atoms with Crippen LogP contribution < -0.4 is 4.90 Å². The summed E-state index contributed by atoms with van der Waals surface area (Å²) in [5.74, 6) is 0. The zero-order valence-electron chi connectivity index (χ0n) is 6.83. The van der Waals surface area contributed by atoms with Crippen molar-refractivity contribution in [3.05, 3.63) is 37.3 Å². The molecule has 0 aliphatic carbocycles. The van der Waals surface area contributed by atoms with E-state index in [9.17, 15) is 0 Å². The predicted octanol–water partition coefficient (Wildman–Crippen LogP) is 1.95. The van der Waals surface area contributed by atoms with Gasteiger partial charge in [-0.15, -0.1) is 6.54 Å². The first-order valence-electron chi connectivity index (χ1n) is 3.40. The summed E-state index contributed by atoms with van der Waals surface area (Å²) in [6.45, 7) is 4.60. The quantitative estimate of drug-likeness (QED) is 0.692. The van der Waals surface area contributed by atoms with E-state index in [0.29, 0.717) is 0 Å². The topological polar surface area (TPSA) is 3.24 Å². The number of hydrogen-bond donors (Lipinski definition) is 0. The molecule has 0 unspecified atom stereocenters. The Labute approximate surface area is 93.7 Å². The molecule has 0 amide bonds. The van der Waals surface area contributed by atoms with Crippen molar-refractivity contribution in [1.82, 2.24) is 0 Å². The van der Waals surface area contributed by atoms with E-state index in [4.69, 9.17) is 0 Å². The van der Waals surface area contributed by atoms with Crippen LogP contribution in [0.25, 0.3) is 0 Å². The summed E-state index contributed by atoms with van der Waals surface area (Å²) in [5, 5.41) is 0. The van der Waals surface area contributed by atoms with Gasteiger partial charge in [-0.3, -0.25) is 0 Å². The molecule has 1 aromatic carbocycles. The van der Waals surface area contributed by atoms with E-state index in [0.717, 1.165) is 6.54 Å². The maximum absolute atomic E-state index is 3.79. The van der Waals surface area contributed by atoms with Crippen LogP contribution in [0.1, 0.15) is 0 Å². The van der Waals surface area contributed by atoms with Gasteiger partial charge in [0.15, 0.2) is 0 Å². The zero-order chi connectivity index (χ0) is 7.40. The fourth-order valence-electron chi connectivity index (χ4n) is 0.812. The molecular formula is C9H12NY-. The standard InChI is InChI=1S/C9H12N.Y/c1-3-10(2)9-7-5-4-6-8-9;/h4-8H,1,3H2,2H3;/q-1;. The van der Waals surface area contributed by atoms with Crippen molar-refractivity contribution in [3.8, 4) is 0 Å². The van der Waals surface area contributed by atoms with Crippen LogP contribution in [0.5, 0.6) is 0 Å². The molecule has 0 saturated heterocycles. The largest absolute Gasteiger partial charge is 0.405 e. The van der Waals surface area contributed by atoms with E-state index in [1.165, 1.54) is 5.69 Å². The monoisotopic (exact) mass is 223 g/mol. The first-order chi connectivity index (χ1) is 4.84. The van der Waals surface area contributed by atoms with E-state index in [1.807, 2.05) is 25.2 Å². The van der Waals surface area contributed by atoms with Crippen LogP contribution in [0.4, 0.5) is 5.69 Å². The summed E-state index contributed by atoms with van der Waals surface area (Å²) in [6.07, 6.45) is 0. The minimum Gasteiger partial charge on any atom is -0.405 e. The fraction of sp³-hybridized carbons (Fsp3) is 0.222. The average molecular weight is 223 g/mol. The Bertz CT molecular complexity index is 186. The molecule has 0 saturated carbocycles. The first kappa shape index (κ1) is 11.1. The van der Waals surface area contributed by atoms with E-state index in [2.05, 4.69) is 24.0 Å². The fourth-order valence-corrected chi connectivity index (χ4v) is 0.812. The smallest absolute Gasteiger partial charge is 0.0339 e. The van der Waals surface area contributed by atoms with E-state index >= 15 is 0 Å². The maximum Gasteiger partial charge on any atom is 0.0339 e. The van der Waals surface area contributed by atoms with E-state index in [1.54, 1.807) is 0 Å². The Morgan fingerprint density at radius 3 is 2.27 bits per heavy atom. The van der Waals surface area contributed by atoms with Crippen molar-refractivity contribution in [3.63, 3.8) is 0 Å². The Hall–Kier alpha value is 0.124. The van der Waals surface area contributed by atoms with Gasteiger partial charge in [0.05, 0.1) is 0 Å². The maximum atomic E-state index is 3.79. The van der Waals surface area contributed by atoms with Crippen molar-refractivity contribution in [2.75, 3.05) is 18.5 Å². The molecule has 0 aromatic heterocycles. The average Bonchev–Trinajstić information content (AvgIpc) is 2.05. The molecule has 0 aliphatic rings. The summed E-state index contributed by atoms with van der Waals surface area (Å²) in [7, 11) is 2.03. The SMILES string of the molecule is [CH2-]CN(C)c1ccccc1.[Y]. The number of nitrogens with zero attached hydrogens (tertiary/aromatic N) is 1. The summed E-state index contributed by atoms with van der Waals surface area (Å²) in [4.78, 5) is 2.10. The molecule has 0 heterocycles. The normalized spacial score (nSPS) is 8.55. The van der Waals surface area contributed by atoms with Crippen LogP contribution >= 0.6 is 0 Å².